The smallest absolute Gasteiger partial charge is 0.263 e. The lowest BCUT2D eigenvalue weighted by Gasteiger charge is -2.22. The number of pyridine rings is 1. The lowest BCUT2D eigenvalue weighted by atomic mass is 9.99. The van der Waals surface area contributed by atoms with Gasteiger partial charge < -0.3 is 5.32 Å². The molecule has 31 heavy (non-hydrogen) atoms. The molecule has 158 valence electrons. The van der Waals surface area contributed by atoms with Crippen molar-refractivity contribution in [2.24, 2.45) is 0 Å². The van der Waals surface area contributed by atoms with Crippen LogP contribution in [0.4, 0.5) is 0 Å². The zero-order valence-corrected chi connectivity index (χ0v) is 18.9. The summed E-state index contributed by atoms with van der Waals surface area (Å²) >= 11 is 6.83. The van der Waals surface area contributed by atoms with E-state index in [4.69, 9.17) is 11.6 Å². The maximum Gasteiger partial charge on any atom is 0.263 e. The molecule has 0 aliphatic rings. The van der Waals surface area contributed by atoms with E-state index in [2.05, 4.69) is 15.3 Å². The Labute approximate surface area is 186 Å². The van der Waals surface area contributed by atoms with Gasteiger partial charge in [0.2, 0.25) is 0 Å². The summed E-state index contributed by atoms with van der Waals surface area (Å²) < 4.78 is 1.72. The second kappa shape index (κ2) is 8.25. The SMILES string of the molecule is CCc1c(Cl)c2cccc(-c3cnc(C(C)(C)NC)nc3)c2c(=O)n1-c1ccccc1. The van der Waals surface area contributed by atoms with E-state index in [1.807, 2.05) is 76.3 Å². The van der Waals surface area contributed by atoms with Gasteiger partial charge in [-0.25, -0.2) is 9.97 Å². The van der Waals surface area contributed by atoms with Gasteiger partial charge in [-0.1, -0.05) is 54.9 Å². The standard InChI is InChI=1S/C25H25ClN4O/c1-5-20-22(26)19-13-9-12-18(16-14-28-24(29-15-16)25(2,3)27-4)21(19)23(31)30(20)17-10-7-6-8-11-17/h6-15,27H,5H2,1-4H3. The van der Waals surface area contributed by atoms with Crippen molar-refractivity contribution in [2.75, 3.05) is 7.05 Å². The maximum absolute atomic E-state index is 13.8. The molecule has 0 radical (unpaired) electrons. The average Bonchev–Trinajstić information content (AvgIpc) is 2.81. The molecule has 0 saturated carbocycles. The van der Waals surface area contributed by atoms with Gasteiger partial charge >= 0.3 is 0 Å². The molecule has 1 N–H and O–H groups in total. The van der Waals surface area contributed by atoms with Crippen molar-refractivity contribution in [1.82, 2.24) is 19.9 Å². The maximum atomic E-state index is 13.8. The van der Waals surface area contributed by atoms with Crippen LogP contribution in [0.2, 0.25) is 5.02 Å². The molecule has 4 rings (SSSR count). The third-order valence-electron chi connectivity index (χ3n) is 5.74. The van der Waals surface area contributed by atoms with Crippen molar-refractivity contribution < 1.29 is 0 Å². The highest BCUT2D eigenvalue weighted by Gasteiger charge is 2.22. The molecule has 4 aromatic rings. The molecule has 0 atom stereocenters. The molecule has 2 aromatic heterocycles. The molecule has 0 aliphatic heterocycles. The summed E-state index contributed by atoms with van der Waals surface area (Å²) in [5.41, 5.74) is 2.69. The van der Waals surface area contributed by atoms with E-state index in [1.165, 1.54) is 0 Å². The first-order chi connectivity index (χ1) is 14.9. The molecule has 0 amide bonds. The minimum atomic E-state index is -0.351. The van der Waals surface area contributed by atoms with Crippen LogP contribution in [0.25, 0.3) is 27.6 Å². The number of hydrogen-bond donors (Lipinski definition) is 1. The number of para-hydroxylation sites is 1. The van der Waals surface area contributed by atoms with Gasteiger partial charge in [-0.05, 0) is 45.0 Å². The zero-order valence-electron chi connectivity index (χ0n) is 18.1. The number of aromatic nitrogens is 3. The van der Waals surface area contributed by atoms with Gasteiger partial charge in [-0.3, -0.25) is 9.36 Å². The van der Waals surface area contributed by atoms with Gasteiger partial charge in [0.1, 0.15) is 5.82 Å². The monoisotopic (exact) mass is 432 g/mol. The molecule has 0 bridgehead atoms. The van der Waals surface area contributed by atoms with Gasteiger partial charge in [0, 0.05) is 34.7 Å². The van der Waals surface area contributed by atoms with Crippen LogP contribution in [0.5, 0.6) is 0 Å². The van der Waals surface area contributed by atoms with Gasteiger partial charge in [0.05, 0.1) is 15.9 Å². The van der Waals surface area contributed by atoms with Crippen LogP contribution >= 0.6 is 11.6 Å². The highest BCUT2D eigenvalue weighted by Crippen LogP contribution is 2.33. The second-order valence-electron chi connectivity index (χ2n) is 7.99. The summed E-state index contributed by atoms with van der Waals surface area (Å²) in [4.78, 5) is 22.9. The summed E-state index contributed by atoms with van der Waals surface area (Å²) in [5, 5.41) is 5.11. The minimum absolute atomic E-state index is 0.0994. The second-order valence-corrected chi connectivity index (χ2v) is 8.37. The van der Waals surface area contributed by atoms with E-state index in [0.29, 0.717) is 22.7 Å². The van der Waals surface area contributed by atoms with Crippen LogP contribution in [-0.4, -0.2) is 21.6 Å². The molecule has 0 spiro atoms. The molecule has 0 saturated heterocycles. The quantitative estimate of drug-likeness (QED) is 0.475. The average molecular weight is 433 g/mol. The van der Waals surface area contributed by atoms with Crippen LogP contribution < -0.4 is 10.9 Å². The summed E-state index contributed by atoms with van der Waals surface area (Å²) in [6.07, 6.45) is 4.17. The first-order valence-electron chi connectivity index (χ1n) is 10.3. The first-order valence-corrected chi connectivity index (χ1v) is 10.7. The van der Waals surface area contributed by atoms with E-state index in [1.54, 1.807) is 17.0 Å². The summed E-state index contributed by atoms with van der Waals surface area (Å²) in [6.45, 7) is 6.04. The lowest BCUT2D eigenvalue weighted by Crippen LogP contribution is -2.35. The van der Waals surface area contributed by atoms with Gasteiger partial charge in [-0.15, -0.1) is 0 Å². The normalized spacial score (nSPS) is 11.8. The summed E-state index contributed by atoms with van der Waals surface area (Å²) in [7, 11) is 1.88. The number of halogens is 1. The van der Waals surface area contributed by atoms with E-state index in [-0.39, 0.29) is 11.1 Å². The Bertz CT molecular complexity index is 1300. The van der Waals surface area contributed by atoms with Gasteiger partial charge in [0.15, 0.2) is 0 Å². The molecule has 0 unspecified atom stereocenters. The molecule has 2 aromatic carbocycles. The fraction of sp³-hybridized carbons (Fsp3) is 0.240. The molecule has 0 aliphatic carbocycles. The highest BCUT2D eigenvalue weighted by atomic mass is 35.5. The van der Waals surface area contributed by atoms with Crippen molar-refractivity contribution >= 4 is 22.4 Å². The molecular weight excluding hydrogens is 408 g/mol. The van der Waals surface area contributed by atoms with E-state index < -0.39 is 0 Å². The van der Waals surface area contributed by atoms with Crippen LogP contribution in [-0.2, 0) is 12.0 Å². The number of benzene rings is 2. The summed E-state index contributed by atoms with van der Waals surface area (Å²) in [6, 6.07) is 15.3. The number of rotatable bonds is 5. The predicted octanol–water partition coefficient (Wildman–Crippen LogP) is 5.12. The van der Waals surface area contributed by atoms with Crippen LogP contribution in [0, 0.1) is 0 Å². The predicted molar refractivity (Wildman–Crippen MR) is 127 cm³/mol. The number of nitrogens with zero attached hydrogens (tertiary/aromatic N) is 3. The van der Waals surface area contributed by atoms with Gasteiger partial charge in [-0.2, -0.15) is 0 Å². The fourth-order valence-corrected chi connectivity index (χ4v) is 4.13. The van der Waals surface area contributed by atoms with Crippen LogP contribution in [0.15, 0.2) is 65.7 Å². The van der Waals surface area contributed by atoms with E-state index in [9.17, 15) is 4.79 Å². The van der Waals surface area contributed by atoms with Crippen LogP contribution in [0.3, 0.4) is 0 Å². The number of hydrogen-bond acceptors (Lipinski definition) is 4. The fourth-order valence-electron chi connectivity index (χ4n) is 3.76. The summed E-state index contributed by atoms with van der Waals surface area (Å²) in [5.74, 6) is 0.687. The highest BCUT2D eigenvalue weighted by molar-refractivity contribution is 6.36. The third-order valence-corrected chi connectivity index (χ3v) is 6.16. The Hall–Kier alpha value is -3.02. The topological polar surface area (TPSA) is 59.8 Å². The Kier molecular flexibility index (Phi) is 5.65. The Morgan fingerprint density at radius 2 is 1.71 bits per heavy atom. The third kappa shape index (κ3) is 3.64. The Morgan fingerprint density at radius 3 is 2.32 bits per heavy atom. The molecular formula is C25H25ClN4O. The van der Waals surface area contributed by atoms with Gasteiger partial charge in [0.25, 0.3) is 5.56 Å². The largest absolute Gasteiger partial charge is 0.308 e. The molecule has 2 heterocycles. The molecule has 0 fully saturated rings. The van der Waals surface area contributed by atoms with Crippen molar-refractivity contribution in [3.05, 3.63) is 87.8 Å². The molecule has 5 nitrogen and oxygen atoms in total. The minimum Gasteiger partial charge on any atom is -0.308 e. The van der Waals surface area contributed by atoms with E-state index in [0.717, 1.165) is 27.9 Å². The number of fused-ring (bicyclic) bond motifs is 1. The van der Waals surface area contributed by atoms with Crippen molar-refractivity contribution in [3.8, 4) is 16.8 Å². The van der Waals surface area contributed by atoms with Crippen molar-refractivity contribution in [3.63, 3.8) is 0 Å². The first kappa shape index (κ1) is 21.2. The Balaban J connectivity index is 2.01. The van der Waals surface area contributed by atoms with E-state index >= 15 is 0 Å². The number of nitrogens with one attached hydrogen (secondary N) is 1. The van der Waals surface area contributed by atoms with Crippen molar-refractivity contribution in [2.45, 2.75) is 32.7 Å². The van der Waals surface area contributed by atoms with Crippen LogP contribution in [0.1, 0.15) is 32.3 Å². The van der Waals surface area contributed by atoms with Crippen molar-refractivity contribution in [1.29, 1.82) is 0 Å². The molecule has 6 heteroatoms. The zero-order chi connectivity index (χ0) is 22.2. The lowest BCUT2D eigenvalue weighted by molar-refractivity contribution is 0.416. The Morgan fingerprint density at radius 1 is 1.03 bits per heavy atom.